The summed E-state index contributed by atoms with van der Waals surface area (Å²) >= 11 is 0. The topological polar surface area (TPSA) is 79.4 Å². The van der Waals surface area contributed by atoms with Crippen LogP contribution in [0.1, 0.15) is 31.4 Å². The van der Waals surface area contributed by atoms with Crippen molar-refractivity contribution in [3.63, 3.8) is 0 Å². The van der Waals surface area contributed by atoms with Crippen molar-refractivity contribution in [2.24, 2.45) is 0 Å². The van der Waals surface area contributed by atoms with Crippen LogP contribution in [0, 0.1) is 0 Å². The van der Waals surface area contributed by atoms with Crippen LogP contribution in [0.4, 0.5) is 14.6 Å². The van der Waals surface area contributed by atoms with Crippen LogP contribution in [0.5, 0.6) is 0 Å². The van der Waals surface area contributed by atoms with Gasteiger partial charge in [-0.1, -0.05) is 0 Å². The summed E-state index contributed by atoms with van der Waals surface area (Å²) in [6.45, 7) is 0.882. The number of rotatable bonds is 4. The quantitative estimate of drug-likeness (QED) is 0.770. The molecule has 0 aliphatic carbocycles. The predicted octanol–water partition coefficient (Wildman–Crippen LogP) is 2.48. The van der Waals surface area contributed by atoms with Crippen LogP contribution in [0.15, 0.2) is 30.9 Å². The monoisotopic (exact) mass is 360 g/mol. The molecule has 1 aliphatic heterocycles. The van der Waals surface area contributed by atoms with Crippen molar-refractivity contribution in [1.82, 2.24) is 24.3 Å². The molecule has 7 nitrogen and oxygen atoms in total. The van der Waals surface area contributed by atoms with Crippen molar-refractivity contribution in [3.8, 4) is 11.5 Å². The fourth-order valence-corrected chi connectivity index (χ4v) is 3.31. The third kappa shape index (κ3) is 2.98. The van der Waals surface area contributed by atoms with Crippen LogP contribution in [0.25, 0.3) is 17.2 Å². The van der Waals surface area contributed by atoms with Gasteiger partial charge in [0.2, 0.25) is 0 Å². The molecule has 0 spiro atoms. The first kappa shape index (κ1) is 16.8. The molecule has 1 saturated heterocycles. The number of hydrogen-bond donors (Lipinski definition) is 1. The lowest BCUT2D eigenvalue weighted by atomic mass is 10.0. The smallest absolute Gasteiger partial charge is 0.281 e. The van der Waals surface area contributed by atoms with Gasteiger partial charge < -0.3 is 10.0 Å². The molecule has 136 valence electrons. The maximum Gasteiger partial charge on any atom is 0.281 e. The summed E-state index contributed by atoms with van der Waals surface area (Å²) in [6, 6.07) is 1.83. The Morgan fingerprint density at radius 3 is 2.88 bits per heavy atom. The van der Waals surface area contributed by atoms with E-state index < -0.39 is 6.43 Å². The Kier molecular flexibility index (Phi) is 4.46. The van der Waals surface area contributed by atoms with Gasteiger partial charge in [-0.15, -0.1) is 0 Å². The van der Waals surface area contributed by atoms with Gasteiger partial charge in [0.25, 0.3) is 6.43 Å². The minimum atomic E-state index is -2.67. The first-order valence-corrected chi connectivity index (χ1v) is 8.49. The Labute approximate surface area is 148 Å². The molecule has 0 unspecified atom stereocenters. The lowest BCUT2D eigenvalue weighted by molar-refractivity contribution is 0.145. The van der Waals surface area contributed by atoms with Gasteiger partial charge in [-0.2, -0.15) is 0 Å². The number of anilines is 1. The molecule has 0 amide bonds. The van der Waals surface area contributed by atoms with E-state index in [0.29, 0.717) is 23.0 Å². The molecule has 26 heavy (non-hydrogen) atoms. The van der Waals surface area contributed by atoms with Crippen molar-refractivity contribution in [2.75, 3.05) is 18.1 Å². The molecule has 1 fully saturated rings. The first-order chi connectivity index (χ1) is 12.7. The van der Waals surface area contributed by atoms with E-state index >= 15 is 0 Å². The maximum atomic E-state index is 13.0. The highest BCUT2D eigenvalue weighted by Gasteiger charge is 2.23. The highest BCUT2D eigenvalue weighted by atomic mass is 19.3. The molecule has 9 heteroatoms. The highest BCUT2D eigenvalue weighted by molar-refractivity contribution is 5.58. The summed E-state index contributed by atoms with van der Waals surface area (Å²) in [6.07, 6.45) is 6.11. The van der Waals surface area contributed by atoms with Crippen molar-refractivity contribution < 1.29 is 13.9 Å². The van der Waals surface area contributed by atoms with Gasteiger partial charge in [0.1, 0.15) is 17.2 Å². The zero-order valence-corrected chi connectivity index (χ0v) is 14.0. The molecule has 0 bridgehead atoms. The summed E-state index contributed by atoms with van der Waals surface area (Å²) in [5.74, 6) is 1.11. The van der Waals surface area contributed by atoms with Crippen LogP contribution in [0.3, 0.4) is 0 Å². The maximum absolute atomic E-state index is 13.0. The highest BCUT2D eigenvalue weighted by Crippen LogP contribution is 2.26. The molecule has 0 saturated carbocycles. The predicted molar refractivity (Wildman–Crippen MR) is 91.0 cm³/mol. The van der Waals surface area contributed by atoms with Gasteiger partial charge >= 0.3 is 0 Å². The number of hydrogen-bond acceptors (Lipinski definition) is 6. The number of fused-ring (bicyclic) bond motifs is 1. The zero-order valence-electron chi connectivity index (χ0n) is 14.0. The number of aliphatic hydroxyl groups excluding tert-OH is 1. The molecule has 4 rings (SSSR count). The van der Waals surface area contributed by atoms with Crippen LogP contribution in [0.2, 0.25) is 0 Å². The average Bonchev–Trinajstić information content (AvgIpc) is 3.11. The van der Waals surface area contributed by atoms with Crippen LogP contribution in [-0.4, -0.2) is 48.6 Å². The van der Waals surface area contributed by atoms with Gasteiger partial charge in [-0.3, -0.25) is 4.40 Å². The minimum Gasteiger partial charge on any atom is -0.394 e. The Balaban J connectivity index is 1.75. The molecule has 0 radical (unpaired) electrons. The second kappa shape index (κ2) is 6.91. The van der Waals surface area contributed by atoms with Gasteiger partial charge in [0.15, 0.2) is 11.5 Å². The van der Waals surface area contributed by atoms with E-state index in [1.165, 1.54) is 16.8 Å². The van der Waals surface area contributed by atoms with E-state index in [-0.39, 0.29) is 18.3 Å². The Bertz CT molecular complexity index is 915. The van der Waals surface area contributed by atoms with E-state index in [1.54, 1.807) is 18.5 Å². The molecule has 1 atom stereocenters. The van der Waals surface area contributed by atoms with Gasteiger partial charge in [-0.05, 0) is 25.3 Å². The summed E-state index contributed by atoms with van der Waals surface area (Å²) in [5.41, 5.74) is 0.637. The number of aromatic nitrogens is 5. The van der Waals surface area contributed by atoms with Crippen molar-refractivity contribution in [1.29, 1.82) is 0 Å². The number of nitrogens with zero attached hydrogens (tertiary/aromatic N) is 6. The summed E-state index contributed by atoms with van der Waals surface area (Å²) < 4.78 is 27.5. The van der Waals surface area contributed by atoms with Crippen LogP contribution >= 0.6 is 0 Å². The number of piperidine rings is 1. The lowest BCUT2D eigenvalue weighted by Crippen LogP contribution is -2.42. The fourth-order valence-electron chi connectivity index (χ4n) is 3.31. The molecule has 3 aromatic rings. The first-order valence-electron chi connectivity index (χ1n) is 8.49. The second-order valence-corrected chi connectivity index (χ2v) is 6.25. The third-order valence-electron chi connectivity index (χ3n) is 4.64. The third-order valence-corrected chi connectivity index (χ3v) is 4.64. The van der Waals surface area contributed by atoms with Gasteiger partial charge in [-0.25, -0.2) is 28.7 Å². The van der Waals surface area contributed by atoms with E-state index in [4.69, 9.17) is 0 Å². The van der Waals surface area contributed by atoms with Crippen molar-refractivity contribution in [2.45, 2.75) is 31.7 Å². The zero-order chi connectivity index (χ0) is 18.1. The minimum absolute atomic E-state index is 0.0309. The van der Waals surface area contributed by atoms with Gasteiger partial charge in [0.05, 0.1) is 25.0 Å². The molecule has 1 N–H and O–H groups in total. The van der Waals surface area contributed by atoms with Gasteiger partial charge in [0, 0.05) is 18.9 Å². The molecule has 3 aromatic heterocycles. The largest absolute Gasteiger partial charge is 0.394 e. The fraction of sp³-hybridized carbons (Fsp3) is 0.412. The van der Waals surface area contributed by atoms with E-state index in [9.17, 15) is 13.9 Å². The Morgan fingerprint density at radius 2 is 2.08 bits per heavy atom. The Hall–Kier alpha value is -2.68. The standard InChI is InChI=1S/C17H18F2N6O/c18-16(19)12-9-25-13(7-22-15(25)8-21-12)17-20-5-4-14(23-17)24-6-2-1-3-11(24)10-26/h4-5,7-9,11,16,26H,1-3,6,10H2/t11-/m1/s1. The van der Waals surface area contributed by atoms with E-state index in [2.05, 4.69) is 24.8 Å². The van der Waals surface area contributed by atoms with E-state index in [0.717, 1.165) is 25.8 Å². The summed E-state index contributed by atoms with van der Waals surface area (Å²) in [7, 11) is 0. The van der Waals surface area contributed by atoms with E-state index in [1.807, 2.05) is 0 Å². The number of imidazole rings is 1. The molecular formula is C17H18F2N6O. The van der Waals surface area contributed by atoms with Crippen molar-refractivity contribution >= 4 is 11.5 Å². The number of aliphatic hydroxyl groups is 1. The van der Waals surface area contributed by atoms with Crippen molar-refractivity contribution in [3.05, 3.63) is 36.5 Å². The van der Waals surface area contributed by atoms with Crippen LogP contribution in [-0.2, 0) is 0 Å². The summed E-state index contributed by atoms with van der Waals surface area (Å²) in [5, 5.41) is 9.62. The second-order valence-electron chi connectivity index (χ2n) is 6.25. The normalized spacial score (nSPS) is 18.0. The molecule has 0 aromatic carbocycles. The Morgan fingerprint density at radius 1 is 1.19 bits per heavy atom. The lowest BCUT2D eigenvalue weighted by Gasteiger charge is -2.35. The molecule has 4 heterocycles. The SMILES string of the molecule is OC[C@H]1CCCCN1c1ccnc(-c2cnc3cnc(C(F)F)cn23)n1. The molecule has 1 aliphatic rings. The molecular weight excluding hydrogens is 342 g/mol. The average molecular weight is 360 g/mol. The van der Waals surface area contributed by atoms with Crippen LogP contribution < -0.4 is 4.90 Å². The number of alkyl halides is 2. The number of halogens is 2. The summed E-state index contributed by atoms with van der Waals surface area (Å²) in [4.78, 5) is 18.9.